The van der Waals surface area contributed by atoms with Crippen molar-refractivity contribution in [2.75, 3.05) is 33.5 Å². The average molecular weight is 598 g/mol. The number of ether oxygens (including phenoxy) is 7. The predicted molar refractivity (Wildman–Crippen MR) is 153 cm³/mol. The summed E-state index contributed by atoms with van der Waals surface area (Å²) in [5, 5.41) is 0. The maximum atomic E-state index is 12.7. The molecule has 0 bridgehead atoms. The van der Waals surface area contributed by atoms with E-state index in [0.29, 0.717) is 30.2 Å². The van der Waals surface area contributed by atoms with Crippen LogP contribution in [0.15, 0.2) is 18.2 Å². The lowest BCUT2D eigenvalue weighted by molar-refractivity contribution is -0.147. The number of hydrogen-bond acceptors (Lipinski definition) is 12. The van der Waals surface area contributed by atoms with Crippen LogP contribution in [0.2, 0.25) is 0 Å². The van der Waals surface area contributed by atoms with Gasteiger partial charge in [0.05, 0.1) is 33.5 Å². The van der Waals surface area contributed by atoms with E-state index in [4.69, 9.17) is 38.9 Å². The molecule has 2 N–H and O–H groups in total. The third-order valence-corrected chi connectivity index (χ3v) is 6.29. The Hall–Kier alpha value is -3.54. The Morgan fingerprint density at radius 1 is 0.786 bits per heavy atom. The van der Waals surface area contributed by atoms with Gasteiger partial charge in [-0.25, -0.2) is 14.4 Å². The molecule has 1 unspecified atom stereocenters. The van der Waals surface area contributed by atoms with Crippen molar-refractivity contribution in [3.63, 3.8) is 0 Å². The van der Waals surface area contributed by atoms with Crippen LogP contribution in [0, 0.1) is 17.8 Å². The summed E-state index contributed by atoms with van der Waals surface area (Å²) >= 11 is 0. The third kappa shape index (κ3) is 14.4. The van der Waals surface area contributed by atoms with Gasteiger partial charge in [-0.3, -0.25) is 4.79 Å². The summed E-state index contributed by atoms with van der Waals surface area (Å²) in [5.41, 5.74) is 5.24. The first-order valence-electron chi connectivity index (χ1n) is 14.3. The molecule has 0 aromatic heterocycles. The number of methoxy groups -OCH3 is 1. The second-order valence-electron chi connectivity index (χ2n) is 11.0. The number of benzene rings is 1. The SMILES string of the molecule is CC[C@H](C)COC(=O)OCCC(N)(Cc1ccc(OC(=O)OCCC(C)C)c(OC(=O)OCCC(C)C)c1)C(=O)OC. The van der Waals surface area contributed by atoms with Gasteiger partial charge in [0.2, 0.25) is 0 Å². The molecule has 0 amide bonds. The van der Waals surface area contributed by atoms with Gasteiger partial charge < -0.3 is 38.9 Å². The Morgan fingerprint density at radius 2 is 1.33 bits per heavy atom. The highest BCUT2D eigenvalue weighted by Crippen LogP contribution is 2.31. The Balaban J connectivity index is 3.07. The molecule has 0 aliphatic heterocycles. The molecule has 238 valence electrons. The Bertz CT molecular complexity index is 1010. The van der Waals surface area contributed by atoms with Crippen LogP contribution in [0.25, 0.3) is 0 Å². The third-order valence-electron chi connectivity index (χ3n) is 6.29. The largest absolute Gasteiger partial charge is 0.513 e. The molecule has 0 saturated carbocycles. The van der Waals surface area contributed by atoms with E-state index in [0.717, 1.165) is 6.42 Å². The van der Waals surface area contributed by atoms with E-state index in [-0.39, 0.29) is 56.7 Å². The molecule has 0 heterocycles. The van der Waals surface area contributed by atoms with Gasteiger partial charge in [0.1, 0.15) is 5.54 Å². The average Bonchev–Trinajstić information content (AvgIpc) is 2.92. The van der Waals surface area contributed by atoms with E-state index in [1.165, 1.54) is 19.2 Å². The second kappa shape index (κ2) is 18.8. The lowest BCUT2D eigenvalue weighted by atomic mass is 9.88. The Kier molecular flexibility index (Phi) is 16.3. The van der Waals surface area contributed by atoms with Gasteiger partial charge in [-0.2, -0.15) is 0 Å². The fourth-order valence-corrected chi connectivity index (χ4v) is 3.34. The van der Waals surface area contributed by atoms with Gasteiger partial charge in [0, 0.05) is 12.8 Å². The van der Waals surface area contributed by atoms with E-state index < -0.39 is 30.0 Å². The summed E-state index contributed by atoms with van der Waals surface area (Å²) in [4.78, 5) is 49.2. The van der Waals surface area contributed by atoms with Gasteiger partial charge in [0.25, 0.3) is 0 Å². The van der Waals surface area contributed by atoms with Crippen LogP contribution in [0.3, 0.4) is 0 Å². The zero-order chi connectivity index (χ0) is 31.7. The molecule has 1 aromatic carbocycles. The van der Waals surface area contributed by atoms with Crippen molar-refractivity contribution in [2.45, 2.75) is 79.2 Å². The maximum absolute atomic E-state index is 12.7. The summed E-state index contributed by atoms with van der Waals surface area (Å²) in [6, 6.07) is 4.32. The van der Waals surface area contributed by atoms with Crippen LogP contribution in [-0.2, 0) is 34.9 Å². The Morgan fingerprint density at radius 3 is 1.86 bits per heavy atom. The van der Waals surface area contributed by atoms with E-state index in [1.807, 2.05) is 41.5 Å². The lowest BCUT2D eigenvalue weighted by Gasteiger charge is -2.26. The first-order chi connectivity index (χ1) is 19.8. The number of esters is 1. The molecule has 0 radical (unpaired) electrons. The van der Waals surface area contributed by atoms with E-state index >= 15 is 0 Å². The van der Waals surface area contributed by atoms with Gasteiger partial charge >= 0.3 is 24.4 Å². The number of carbonyl (C=O) groups is 4. The van der Waals surface area contributed by atoms with Crippen LogP contribution in [0.4, 0.5) is 14.4 Å². The minimum Gasteiger partial charge on any atom is -0.468 e. The summed E-state index contributed by atoms with van der Waals surface area (Å²) < 4.78 is 35.9. The molecule has 0 fully saturated rings. The van der Waals surface area contributed by atoms with Crippen LogP contribution in [0.1, 0.15) is 72.8 Å². The summed E-state index contributed by atoms with van der Waals surface area (Å²) in [7, 11) is 1.19. The van der Waals surface area contributed by atoms with Crippen molar-refractivity contribution in [3.05, 3.63) is 23.8 Å². The predicted octanol–water partition coefficient (Wildman–Crippen LogP) is 5.81. The maximum Gasteiger partial charge on any atom is 0.513 e. The molecule has 12 nitrogen and oxygen atoms in total. The minimum absolute atomic E-state index is 0.0913. The number of carbonyl (C=O) groups excluding carboxylic acids is 4. The lowest BCUT2D eigenvalue weighted by Crippen LogP contribution is -2.51. The van der Waals surface area contributed by atoms with Crippen LogP contribution >= 0.6 is 0 Å². The van der Waals surface area contributed by atoms with Crippen molar-refractivity contribution in [1.82, 2.24) is 0 Å². The summed E-state index contributed by atoms with van der Waals surface area (Å²) in [6.07, 6.45) is -0.909. The zero-order valence-corrected chi connectivity index (χ0v) is 25.9. The smallest absolute Gasteiger partial charge is 0.468 e. The van der Waals surface area contributed by atoms with Gasteiger partial charge in [-0.1, -0.05) is 54.0 Å². The molecule has 0 aliphatic rings. The number of hydrogen-bond donors (Lipinski definition) is 1. The highest BCUT2D eigenvalue weighted by atomic mass is 16.7. The molecule has 2 atom stereocenters. The first kappa shape index (κ1) is 36.5. The van der Waals surface area contributed by atoms with Crippen molar-refractivity contribution in [2.24, 2.45) is 23.5 Å². The molecule has 0 spiro atoms. The van der Waals surface area contributed by atoms with E-state index in [9.17, 15) is 19.2 Å². The quantitative estimate of drug-likeness (QED) is 0.131. The number of nitrogens with two attached hydrogens (primary N) is 1. The molecule has 1 rings (SSSR count). The van der Waals surface area contributed by atoms with Crippen LogP contribution < -0.4 is 15.2 Å². The summed E-state index contributed by atoms with van der Waals surface area (Å²) in [5.74, 6) is -0.170. The Labute approximate surface area is 248 Å². The monoisotopic (exact) mass is 597 g/mol. The normalized spacial score (nSPS) is 13.1. The fourth-order valence-electron chi connectivity index (χ4n) is 3.34. The summed E-state index contributed by atoms with van der Waals surface area (Å²) in [6.45, 7) is 12.1. The molecule has 1 aromatic rings. The topological polar surface area (TPSA) is 159 Å². The van der Waals surface area contributed by atoms with Crippen molar-refractivity contribution >= 4 is 24.4 Å². The highest BCUT2D eigenvalue weighted by Gasteiger charge is 2.36. The van der Waals surface area contributed by atoms with Gasteiger partial charge in [-0.05, 0) is 48.3 Å². The van der Waals surface area contributed by atoms with Crippen molar-refractivity contribution < 1.29 is 52.3 Å². The van der Waals surface area contributed by atoms with Crippen molar-refractivity contribution in [3.8, 4) is 11.5 Å². The molecule has 12 heteroatoms. The minimum atomic E-state index is -1.61. The fraction of sp³-hybridized carbons (Fsp3) is 0.667. The van der Waals surface area contributed by atoms with Gasteiger partial charge in [0.15, 0.2) is 11.5 Å². The molecule has 42 heavy (non-hydrogen) atoms. The molecule has 0 aliphatic carbocycles. The molecular weight excluding hydrogens is 550 g/mol. The number of rotatable bonds is 17. The standard InChI is InChI=1S/C30H47NO11/c1-8-22(6)19-40-27(33)39-16-13-30(31,26(32)36-7)18-23-9-10-24(41-28(34)37-14-11-20(2)3)25(17-23)42-29(35)38-15-12-21(4)5/h9-10,17,20-22H,8,11-16,18-19,31H2,1-7H3/t22-,30?/m0/s1. The van der Waals surface area contributed by atoms with E-state index in [1.54, 1.807) is 6.07 Å². The van der Waals surface area contributed by atoms with E-state index in [2.05, 4.69) is 0 Å². The van der Waals surface area contributed by atoms with Crippen LogP contribution in [-0.4, -0.2) is 63.5 Å². The molecular formula is C30H47NO11. The van der Waals surface area contributed by atoms with Gasteiger partial charge in [-0.15, -0.1) is 0 Å². The molecule has 0 saturated heterocycles. The highest BCUT2D eigenvalue weighted by molar-refractivity contribution is 5.81. The second-order valence-corrected chi connectivity index (χ2v) is 11.0. The van der Waals surface area contributed by atoms with Crippen molar-refractivity contribution in [1.29, 1.82) is 0 Å². The first-order valence-corrected chi connectivity index (χ1v) is 14.3. The zero-order valence-electron chi connectivity index (χ0n) is 25.9. The van der Waals surface area contributed by atoms with Crippen LogP contribution in [0.5, 0.6) is 11.5 Å².